The van der Waals surface area contributed by atoms with Crippen molar-refractivity contribution in [3.05, 3.63) is 77.9 Å². The summed E-state index contributed by atoms with van der Waals surface area (Å²) in [4.78, 5) is 21.6. The molecule has 2 aromatic heterocycles. The smallest absolute Gasteiger partial charge is 0.416 e. The Bertz CT molecular complexity index is 1370. The van der Waals surface area contributed by atoms with Gasteiger partial charge in [0, 0.05) is 26.6 Å². The number of rotatable bonds is 10. The molecule has 12 heteroatoms. The molecule has 38 heavy (non-hydrogen) atoms. The van der Waals surface area contributed by atoms with Gasteiger partial charge < -0.3 is 9.26 Å². The van der Waals surface area contributed by atoms with Crippen LogP contribution < -0.4 is 0 Å². The lowest BCUT2D eigenvalue weighted by molar-refractivity contribution is -0.125. The minimum atomic E-state index is -4.50. The third kappa shape index (κ3) is 7.05. The molecule has 0 atom stereocenters. The van der Waals surface area contributed by atoms with Gasteiger partial charge in [-0.3, -0.25) is 19.4 Å². The lowest BCUT2D eigenvalue weighted by Gasteiger charge is -2.15. The van der Waals surface area contributed by atoms with Crippen molar-refractivity contribution in [3.63, 3.8) is 0 Å². The first-order chi connectivity index (χ1) is 18.0. The highest BCUT2D eigenvalue weighted by atomic mass is 19.4. The van der Waals surface area contributed by atoms with E-state index in [0.29, 0.717) is 29.2 Å². The van der Waals surface area contributed by atoms with Crippen LogP contribution in [0.15, 0.2) is 76.1 Å². The standard InChI is InChI=1S/C26H27F3N6O3/c1-6-21(26(27,28)29)12-7-17(2)37-15-23-22(13-31-34(23)5)25-32-24(33-38-25)20-10-8-19(9-11-20)14-35(16-30-4)18(3)36/h6-13,16H,1,14-15H2,2-5H3/b17-7+,21-12+,30-16?. The van der Waals surface area contributed by atoms with Crippen LogP contribution in [0.5, 0.6) is 0 Å². The van der Waals surface area contributed by atoms with E-state index in [0.717, 1.165) is 17.7 Å². The molecule has 2 heterocycles. The summed E-state index contributed by atoms with van der Waals surface area (Å²) >= 11 is 0. The third-order valence-electron chi connectivity index (χ3n) is 5.42. The van der Waals surface area contributed by atoms with Gasteiger partial charge in [0.05, 0.1) is 41.7 Å². The second-order valence-corrected chi connectivity index (χ2v) is 8.16. The van der Waals surface area contributed by atoms with Crippen LogP contribution in [0.2, 0.25) is 0 Å². The number of hydrogen-bond donors (Lipinski definition) is 0. The number of hydrogen-bond acceptors (Lipinski definition) is 7. The fourth-order valence-electron chi connectivity index (χ4n) is 3.31. The first-order valence-corrected chi connectivity index (χ1v) is 11.4. The minimum absolute atomic E-state index is 0.0115. The van der Waals surface area contributed by atoms with Crippen molar-refractivity contribution in [2.75, 3.05) is 7.05 Å². The lowest BCUT2D eigenvalue weighted by atomic mass is 10.1. The van der Waals surface area contributed by atoms with Crippen molar-refractivity contribution in [3.8, 4) is 22.8 Å². The lowest BCUT2D eigenvalue weighted by Crippen LogP contribution is -2.26. The Balaban J connectivity index is 1.74. The van der Waals surface area contributed by atoms with Gasteiger partial charge in [-0.25, -0.2) is 0 Å². The molecule has 0 aliphatic heterocycles. The molecule has 3 aromatic rings. The molecule has 0 saturated carbocycles. The third-order valence-corrected chi connectivity index (χ3v) is 5.42. The molecule has 1 aromatic carbocycles. The number of nitrogens with zero attached hydrogens (tertiary/aromatic N) is 6. The summed E-state index contributed by atoms with van der Waals surface area (Å²) in [6, 6.07) is 7.35. The highest BCUT2D eigenvalue weighted by molar-refractivity contribution is 5.85. The molecule has 0 bridgehead atoms. The highest BCUT2D eigenvalue weighted by Gasteiger charge is 2.30. The van der Waals surface area contributed by atoms with Gasteiger partial charge in [0.25, 0.3) is 5.89 Å². The van der Waals surface area contributed by atoms with E-state index >= 15 is 0 Å². The highest BCUT2D eigenvalue weighted by Crippen LogP contribution is 2.28. The van der Waals surface area contributed by atoms with Gasteiger partial charge in [-0.1, -0.05) is 42.1 Å². The average molecular weight is 529 g/mol. The maximum atomic E-state index is 12.9. The number of allylic oxidation sites excluding steroid dienone is 5. The monoisotopic (exact) mass is 528 g/mol. The van der Waals surface area contributed by atoms with Gasteiger partial charge in [-0.05, 0) is 24.6 Å². The molecule has 0 unspecified atom stereocenters. The Hall–Kier alpha value is -4.48. The normalized spacial score (nSPS) is 12.7. The van der Waals surface area contributed by atoms with Crippen LogP contribution in [-0.2, 0) is 29.7 Å². The van der Waals surface area contributed by atoms with E-state index in [1.165, 1.54) is 24.2 Å². The van der Waals surface area contributed by atoms with Crippen LogP contribution >= 0.6 is 0 Å². The molecule has 0 spiro atoms. The summed E-state index contributed by atoms with van der Waals surface area (Å²) in [6.07, 6.45) is 1.39. The fourth-order valence-corrected chi connectivity index (χ4v) is 3.31. The fraction of sp³-hybridized carbons (Fsp3) is 0.269. The van der Waals surface area contributed by atoms with Gasteiger partial charge in [0.2, 0.25) is 11.7 Å². The zero-order valence-electron chi connectivity index (χ0n) is 21.4. The van der Waals surface area contributed by atoms with Crippen LogP contribution in [0.4, 0.5) is 13.2 Å². The quantitative estimate of drug-likeness (QED) is 0.155. The Morgan fingerprint density at radius 2 is 1.95 bits per heavy atom. The van der Waals surface area contributed by atoms with Gasteiger partial charge in [0.1, 0.15) is 6.61 Å². The molecule has 0 radical (unpaired) electrons. The molecular formula is C26H27F3N6O3. The van der Waals surface area contributed by atoms with Crippen molar-refractivity contribution in [2.24, 2.45) is 12.0 Å². The van der Waals surface area contributed by atoms with Gasteiger partial charge in [-0.15, -0.1) is 0 Å². The van der Waals surface area contributed by atoms with E-state index in [2.05, 4.69) is 26.8 Å². The first kappa shape index (κ1) is 28.1. The number of aryl methyl sites for hydroxylation is 1. The van der Waals surface area contributed by atoms with E-state index in [1.54, 1.807) is 31.9 Å². The summed E-state index contributed by atoms with van der Waals surface area (Å²) in [6.45, 7) is 6.59. The molecule has 9 nitrogen and oxygen atoms in total. The van der Waals surface area contributed by atoms with Crippen LogP contribution in [0, 0.1) is 0 Å². The second kappa shape index (κ2) is 12.2. The van der Waals surface area contributed by atoms with Gasteiger partial charge >= 0.3 is 6.18 Å². The Morgan fingerprint density at radius 1 is 1.24 bits per heavy atom. The second-order valence-electron chi connectivity index (χ2n) is 8.16. The van der Waals surface area contributed by atoms with Crippen molar-refractivity contribution < 1.29 is 27.2 Å². The number of alkyl halides is 3. The topological polar surface area (TPSA) is 98.6 Å². The van der Waals surface area contributed by atoms with E-state index in [9.17, 15) is 18.0 Å². The number of halogens is 3. The predicted octanol–water partition coefficient (Wildman–Crippen LogP) is 5.24. The Labute approximate surface area is 217 Å². The summed E-state index contributed by atoms with van der Waals surface area (Å²) in [5.41, 5.74) is 1.85. The first-order valence-electron chi connectivity index (χ1n) is 11.4. The Kier molecular flexibility index (Phi) is 9.00. The van der Waals surface area contributed by atoms with Gasteiger partial charge in [0.15, 0.2) is 0 Å². The number of aromatic nitrogens is 4. The van der Waals surface area contributed by atoms with Crippen molar-refractivity contribution in [1.82, 2.24) is 24.8 Å². The van der Waals surface area contributed by atoms with Crippen molar-refractivity contribution in [1.29, 1.82) is 0 Å². The predicted molar refractivity (Wildman–Crippen MR) is 135 cm³/mol. The zero-order chi connectivity index (χ0) is 27.9. The molecule has 0 aliphatic rings. The maximum Gasteiger partial charge on any atom is 0.416 e. The van der Waals surface area contributed by atoms with Crippen molar-refractivity contribution >= 4 is 12.2 Å². The number of aliphatic imine (C=N–C) groups is 1. The van der Waals surface area contributed by atoms with Crippen LogP contribution in [0.3, 0.4) is 0 Å². The summed E-state index contributed by atoms with van der Waals surface area (Å²) in [7, 11) is 3.30. The van der Waals surface area contributed by atoms with E-state index < -0.39 is 11.7 Å². The SMILES string of the molecule is C=C/C(=C\C=C(/C)OCc1c(-c2nc(-c3ccc(CN(C=NC)C(C)=O)cc3)no2)cnn1C)C(F)(F)F. The number of carbonyl (C=O) groups is 1. The molecular weight excluding hydrogens is 501 g/mol. The van der Waals surface area contributed by atoms with E-state index in [1.807, 2.05) is 24.3 Å². The molecule has 200 valence electrons. The molecule has 0 fully saturated rings. The summed E-state index contributed by atoms with van der Waals surface area (Å²) in [5, 5.41) is 8.27. The van der Waals surface area contributed by atoms with Crippen molar-refractivity contribution in [2.45, 2.75) is 33.2 Å². The molecule has 0 N–H and O–H groups in total. The largest absolute Gasteiger partial charge is 0.492 e. The average Bonchev–Trinajstić information content (AvgIpc) is 3.49. The van der Waals surface area contributed by atoms with Crippen LogP contribution in [-0.4, -0.2) is 50.3 Å². The zero-order valence-corrected chi connectivity index (χ0v) is 21.4. The Morgan fingerprint density at radius 3 is 2.55 bits per heavy atom. The number of amides is 1. The minimum Gasteiger partial charge on any atom is -0.492 e. The van der Waals surface area contributed by atoms with Crippen LogP contribution in [0.25, 0.3) is 22.8 Å². The molecule has 0 aliphatic carbocycles. The van der Waals surface area contributed by atoms with E-state index in [-0.39, 0.29) is 24.2 Å². The van der Waals surface area contributed by atoms with Crippen LogP contribution in [0.1, 0.15) is 25.1 Å². The molecule has 1 amide bonds. The van der Waals surface area contributed by atoms with Gasteiger partial charge in [-0.2, -0.15) is 23.3 Å². The number of ether oxygens (including phenoxy) is 1. The molecule has 0 saturated heterocycles. The summed E-state index contributed by atoms with van der Waals surface area (Å²) < 4.78 is 51.2. The number of carbonyl (C=O) groups excluding carboxylic acids is 1. The summed E-state index contributed by atoms with van der Waals surface area (Å²) in [5.74, 6) is 0.709. The molecule has 3 rings (SSSR count). The number of benzene rings is 1. The maximum absolute atomic E-state index is 12.9. The van der Waals surface area contributed by atoms with E-state index in [4.69, 9.17) is 9.26 Å².